The van der Waals surface area contributed by atoms with Crippen molar-refractivity contribution >= 4 is 11.6 Å². The average molecular weight is 353 g/mol. The fourth-order valence-corrected chi connectivity index (χ4v) is 3.27. The summed E-state index contributed by atoms with van der Waals surface area (Å²) in [6.07, 6.45) is 3.44. The van der Waals surface area contributed by atoms with Crippen LogP contribution in [0.15, 0.2) is 60.0 Å². The lowest BCUT2D eigenvalue weighted by molar-refractivity contribution is -1.02. The van der Waals surface area contributed by atoms with Crippen LogP contribution in [0.2, 0.25) is 0 Å². The van der Waals surface area contributed by atoms with Crippen LogP contribution >= 0.6 is 0 Å². The van der Waals surface area contributed by atoms with Gasteiger partial charge in [-0.25, -0.2) is 5.43 Å². The number of benzene rings is 1. The first kappa shape index (κ1) is 18.2. The Labute approximate surface area is 154 Å². The van der Waals surface area contributed by atoms with Crippen molar-refractivity contribution in [3.63, 3.8) is 0 Å². The summed E-state index contributed by atoms with van der Waals surface area (Å²) in [7, 11) is 0. The van der Waals surface area contributed by atoms with E-state index in [1.807, 2.05) is 19.1 Å². The SMILES string of the molecule is CC(=NNC(=O)C[NH+]1CC[NH+](Cc2ccccc2)CC1)c1ccncc1. The van der Waals surface area contributed by atoms with Gasteiger partial charge in [0.2, 0.25) is 0 Å². The molecule has 26 heavy (non-hydrogen) atoms. The number of hydrogen-bond donors (Lipinski definition) is 3. The summed E-state index contributed by atoms with van der Waals surface area (Å²) in [5.41, 5.74) is 5.81. The highest BCUT2D eigenvalue weighted by molar-refractivity contribution is 5.99. The molecule has 0 bridgehead atoms. The van der Waals surface area contributed by atoms with Crippen LogP contribution in [0.4, 0.5) is 0 Å². The molecule has 1 aromatic heterocycles. The summed E-state index contributed by atoms with van der Waals surface area (Å²) in [5.74, 6) is -0.0279. The van der Waals surface area contributed by atoms with Gasteiger partial charge in [0.1, 0.15) is 32.7 Å². The van der Waals surface area contributed by atoms with E-state index < -0.39 is 0 Å². The highest BCUT2D eigenvalue weighted by Gasteiger charge is 2.24. The lowest BCUT2D eigenvalue weighted by Crippen LogP contribution is -3.28. The van der Waals surface area contributed by atoms with Crippen LogP contribution in [0.3, 0.4) is 0 Å². The molecule has 6 nitrogen and oxygen atoms in total. The highest BCUT2D eigenvalue weighted by Crippen LogP contribution is 1.97. The highest BCUT2D eigenvalue weighted by atomic mass is 16.2. The fourth-order valence-electron chi connectivity index (χ4n) is 3.27. The first-order valence-electron chi connectivity index (χ1n) is 9.15. The normalized spacial score (nSPS) is 20.6. The van der Waals surface area contributed by atoms with Crippen molar-refractivity contribution in [3.05, 3.63) is 66.0 Å². The molecule has 3 N–H and O–H groups in total. The Morgan fingerprint density at radius 1 is 1.04 bits per heavy atom. The van der Waals surface area contributed by atoms with Crippen LogP contribution < -0.4 is 15.2 Å². The summed E-state index contributed by atoms with van der Waals surface area (Å²) < 4.78 is 0. The molecule has 1 aliphatic heterocycles. The maximum Gasteiger partial charge on any atom is 0.295 e. The van der Waals surface area contributed by atoms with Gasteiger partial charge in [0.15, 0.2) is 6.54 Å². The molecule has 0 unspecified atom stereocenters. The summed E-state index contributed by atoms with van der Waals surface area (Å²) in [6.45, 7) is 7.65. The zero-order valence-corrected chi connectivity index (χ0v) is 15.2. The van der Waals surface area contributed by atoms with Gasteiger partial charge >= 0.3 is 0 Å². The predicted octanol–water partition coefficient (Wildman–Crippen LogP) is -1.09. The second-order valence-corrected chi connectivity index (χ2v) is 6.81. The second kappa shape index (κ2) is 9.22. The van der Waals surface area contributed by atoms with Crippen LogP contribution in [-0.4, -0.2) is 49.3 Å². The topological polar surface area (TPSA) is 63.2 Å². The van der Waals surface area contributed by atoms with Crippen molar-refractivity contribution in [2.45, 2.75) is 13.5 Å². The Kier molecular flexibility index (Phi) is 6.46. The molecule has 2 aromatic rings. The molecule has 1 aromatic carbocycles. The Hall–Kier alpha value is -2.57. The zero-order chi connectivity index (χ0) is 18.2. The van der Waals surface area contributed by atoms with E-state index in [9.17, 15) is 4.79 Å². The van der Waals surface area contributed by atoms with Crippen LogP contribution in [0.1, 0.15) is 18.1 Å². The number of carbonyl (C=O) groups excluding carboxylic acids is 1. The number of pyridine rings is 1. The van der Waals surface area contributed by atoms with E-state index in [2.05, 4.69) is 45.8 Å². The molecule has 0 saturated carbocycles. The maximum atomic E-state index is 12.2. The lowest BCUT2D eigenvalue weighted by atomic mass is 10.2. The third-order valence-electron chi connectivity index (χ3n) is 4.82. The minimum atomic E-state index is -0.0279. The molecular formula is C20H27N5O+2. The summed E-state index contributed by atoms with van der Waals surface area (Å²) in [4.78, 5) is 19.1. The minimum Gasteiger partial charge on any atom is -0.322 e. The van der Waals surface area contributed by atoms with Gasteiger partial charge < -0.3 is 9.80 Å². The molecule has 1 saturated heterocycles. The molecule has 0 atom stereocenters. The number of nitrogens with zero attached hydrogens (tertiary/aromatic N) is 2. The van der Waals surface area contributed by atoms with Crippen molar-refractivity contribution in [2.24, 2.45) is 5.10 Å². The quantitative estimate of drug-likeness (QED) is 0.456. The van der Waals surface area contributed by atoms with Gasteiger partial charge in [0.05, 0.1) is 5.71 Å². The molecule has 3 rings (SSSR count). The Morgan fingerprint density at radius 2 is 1.69 bits per heavy atom. The van der Waals surface area contributed by atoms with Gasteiger partial charge in [-0.15, -0.1) is 0 Å². The van der Waals surface area contributed by atoms with Gasteiger partial charge in [-0.3, -0.25) is 9.78 Å². The van der Waals surface area contributed by atoms with E-state index in [0.717, 1.165) is 44.0 Å². The molecule has 1 fully saturated rings. The number of nitrogens with one attached hydrogen (secondary N) is 3. The largest absolute Gasteiger partial charge is 0.322 e. The van der Waals surface area contributed by atoms with Crippen LogP contribution in [0.25, 0.3) is 0 Å². The van der Waals surface area contributed by atoms with E-state index >= 15 is 0 Å². The number of hydrogen-bond acceptors (Lipinski definition) is 3. The molecule has 1 amide bonds. The number of aromatic nitrogens is 1. The van der Waals surface area contributed by atoms with Gasteiger partial charge in [0.25, 0.3) is 5.91 Å². The van der Waals surface area contributed by atoms with Crippen molar-refractivity contribution in [1.82, 2.24) is 10.4 Å². The van der Waals surface area contributed by atoms with Crippen molar-refractivity contribution < 1.29 is 14.6 Å². The van der Waals surface area contributed by atoms with Gasteiger partial charge in [-0.05, 0) is 19.1 Å². The molecule has 0 aliphatic carbocycles. The first-order valence-corrected chi connectivity index (χ1v) is 9.15. The van der Waals surface area contributed by atoms with Gasteiger partial charge in [0, 0.05) is 23.5 Å². The number of quaternary nitrogens is 2. The van der Waals surface area contributed by atoms with E-state index in [1.54, 1.807) is 17.3 Å². The molecule has 6 heteroatoms. The lowest BCUT2D eigenvalue weighted by Gasteiger charge is -2.29. The number of piperazine rings is 1. The number of carbonyl (C=O) groups is 1. The number of amides is 1. The molecule has 0 spiro atoms. The van der Waals surface area contributed by atoms with Crippen molar-refractivity contribution in [2.75, 3.05) is 32.7 Å². The van der Waals surface area contributed by atoms with E-state index in [0.29, 0.717) is 6.54 Å². The molecule has 2 heterocycles. The Bertz CT molecular complexity index is 724. The molecule has 136 valence electrons. The fraction of sp³-hybridized carbons (Fsp3) is 0.350. The smallest absolute Gasteiger partial charge is 0.295 e. The maximum absolute atomic E-state index is 12.2. The van der Waals surface area contributed by atoms with Crippen LogP contribution in [0, 0.1) is 0 Å². The third-order valence-corrected chi connectivity index (χ3v) is 4.82. The Balaban J connectivity index is 1.41. The monoisotopic (exact) mass is 353 g/mol. The van der Waals surface area contributed by atoms with E-state index in [4.69, 9.17) is 0 Å². The van der Waals surface area contributed by atoms with Crippen molar-refractivity contribution in [1.29, 1.82) is 0 Å². The number of hydrazone groups is 1. The average Bonchev–Trinajstić information content (AvgIpc) is 2.69. The molecular weight excluding hydrogens is 326 g/mol. The van der Waals surface area contributed by atoms with Crippen LogP contribution in [-0.2, 0) is 11.3 Å². The second-order valence-electron chi connectivity index (χ2n) is 6.81. The number of rotatable bonds is 6. The summed E-state index contributed by atoms with van der Waals surface area (Å²) in [5, 5.41) is 4.20. The van der Waals surface area contributed by atoms with E-state index in [1.165, 1.54) is 10.5 Å². The third kappa shape index (κ3) is 5.47. The van der Waals surface area contributed by atoms with Gasteiger partial charge in [-0.2, -0.15) is 5.10 Å². The predicted molar refractivity (Wildman–Crippen MR) is 101 cm³/mol. The molecule has 0 radical (unpaired) electrons. The first-order chi connectivity index (χ1) is 12.7. The standard InChI is InChI=1S/C20H25N5O/c1-17(19-7-9-21-10-8-19)22-23-20(26)16-25-13-11-24(12-14-25)15-18-5-3-2-4-6-18/h2-10H,11-16H2,1H3,(H,23,26)/p+2. The van der Waals surface area contributed by atoms with Crippen molar-refractivity contribution in [3.8, 4) is 0 Å². The summed E-state index contributed by atoms with van der Waals surface area (Å²) in [6, 6.07) is 14.4. The van der Waals surface area contributed by atoms with Gasteiger partial charge in [-0.1, -0.05) is 30.3 Å². The Morgan fingerprint density at radius 3 is 2.38 bits per heavy atom. The summed E-state index contributed by atoms with van der Waals surface area (Å²) >= 11 is 0. The van der Waals surface area contributed by atoms with Crippen LogP contribution in [0.5, 0.6) is 0 Å². The zero-order valence-electron chi connectivity index (χ0n) is 15.2. The minimum absolute atomic E-state index is 0.0279. The molecule has 1 aliphatic rings. The van der Waals surface area contributed by atoms with E-state index in [-0.39, 0.29) is 5.91 Å².